The zero-order chi connectivity index (χ0) is 44.2. The standard InChI is InChI=1S/C45H42Cl2N8O8/c1-4-41(54-42(56)29-19-27-35(21-39(29)60-2)48-15-13-37(27)62-25-9-11-33(31(46)17-25)52-44(58)50-23-5-6-23)55-43(57)30-20-28-36(22-40(30)61-3)49-16-14-38(28)63-26-10-12-34(32(47)18-26)53-45(59)51-24-7-8-24/h9-24,41H,4-8H2,1-3H3,(H,54,56)(H,55,57)(H2,50,52,58)(H2,51,53,59). The third-order valence-electron chi connectivity index (χ3n) is 10.2. The molecule has 8 rings (SSSR count). The fraction of sp³-hybridized carbons (Fsp3) is 0.244. The Morgan fingerprint density at radius 1 is 0.619 bits per heavy atom. The highest BCUT2D eigenvalue weighted by molar-refractivity contribution is 6.34. The molecule has 16 nitrogen and oxygen atoms in total. The summed E-state index contributed by atoms with van der Waals surface area (Å²) in [5.41, 5.74) is 2.16. The van der Waals surface area contributed by atoms with E-state index in [0.717, 1.165) is 25.7 Å². The molecule has 2 fully saturated rings. The number of benzene rings is 4. The van der Waals surface area contributed by atoms with Gasteiger partial charge in [-0.25, -0.2) is 9.59 Å². The molecule has 0 unspecified atom stereocenters. The van der Waals surface area contributed by atoms with E-state index < -0.39 is 18.0 Å². The zero-order valence-corrected chi connectivity index (χ0v) is 35.8. The number of nitrogens with zero attached hydrogens (tertiary/aromatic N) is 2. The number of carbonyl (C=O) groups excluding carboxylic acids is 4. The first-order chi connectivity index (χ1) is 30.5. The van der Waals surface area contributed by atoms with Gasteiger partial charge in [-0.05, 0) is 80.6 Å². The third-order valence-corrected chi connectivity index (χ3v) is 10.8. The normalized spacial score (nSPS) is 13.2. The number of hydrogen-bond acceptors (Lipinski definition) is 10. The molecule has 6 amide bonds. The van der Waals surface area contributed by atoms with Crippen LogP contribution in [0.5, 0.6) is 34.5 Å². The lowest BCUT2D eigenvalue weighted by Gasteiger charge is -2.21. The zero-order valence-electron chi connectivity index (χ0n) is 34.3. The van der Waals surface area contributed by atoms with Crippen LogP contribution in [0.15, 0.2) is 85.2 Å². The van der Waals surface area contributed by atoms with Crippen molar-refractivity contribution in [2.24, 2.45) is 0 Å². The fourth-order valence-corrected chi connectivity index (χ4v) is 7.03. The van der Waals surface area contributed by atoms with E-state index in [1.54, 1.807) is 85.2 Å². The molecular formula is C45H42Cl2N8O8. The Kier molecular flexibility index (Phi) is 12.5. The summed E-state index contributed by atoms with van der Waals surface area (Å²) in [4.78, 5) is 61.4. The number of carbonyl (C=O) groups is 4. The molecule has 0 aliphatic heterocycles. The Labute approximate surface area is 371 Å². The molecule has 6 N–H and O–H groups in total. The number of rotatable bonds is 15. The van der Waals surface area contributed by atoms with Gasteiger partial charge >= 0.3 is 12.1 Å². The molecule has 2 heterocycles. The molecular weight excluding hydrogens is 851 g/mol. The summed E-state index contributed by atoms with van der Waals surface area (Å²) in [6.45, 7) is 1.81. The second kappa shape index (κ2) is 18.5. The van der Waals surface area contributed by atoms with Crippen LogP contribution in [-0.4, -0.2) is 66.3 Å². The van der Waals surface area contributed by atoms with Crippen molar-refractivity contribution in [2.45, 2.75) is 57.3 Å². The molecule has 0 radical (unpaired) electrons. The summed E-state index contributed by atoms with van der Waals surface area (Å²) >= 11 is 13.0. The van der Waals surface area contributed by atoms with Gasteiger partial charge in [0.2, 0.25) is 0 Å². The minimum Gasteiger partial charge on any atom is -0.496 e. The largest absolute Gasteiger partial charge is 0.496 e. The maximum absolute atomic E-state index is 14.0. The Morgan fingerprint density at radius 2 is 1.05 bits per heavy atom. The highest BCUT2D eigenvalue weighted by Crippen LogP contribution is 2.37. The molecule has 0 bridgehead atoms. The molecule has 2 saturated carbocycles. The van der Waals surface area contributed by atoms with Gasteiger partial charge in [0, 0.05) is 59.5 Å². The van der Waals surface area contributed by atoms with Crippen molar-refractivity contribution in [2.75, 3.05) is 24.9 Å². The van der Waals surface area contributed by atoms with Gasteiger partial charge in [0.05, 0.1) is 57.8 Å². The highest BCUT2D eigenvalue weighted by atomic mass is 35.5. The summed E-state index contributed by atoms with van der Waals surface area (Å²) in [7, 11) is 2.88. The van der Waals surface area contributed by atoms with E-state index in [1.165, 1.54) is 14.2 Å². The molecule has 2 aromatic heterocycles. The summed E-state index contributed by atoms with van der Waals surface area (Å²) in [6.07, 6.45) is 6.43. The number of methoxy groups -OCH3 is 2. The average molecular weight is 894 g/mol. The van der Waals surface area contributed by atoms with Crippen molar-refractivity contribution in [1.82, 2.24) is 31.2 Å². The Morgan fingerprint density at radius 3 is 1.41 bits per heavy atom. The van der Waals surface area contributed by atoms with Crippen molar-refractivity contribution < 1.29 is 38.1 Å². The molecule has 2 aliphatic carbocycles. The maximum atomic E-state index is 14.0. The molecule has 63 heavy (non-hydrogen) atoms. The number of amides is 6. The minimum absolute atomic E-state index is 0.163. The van der Waals surface area contributed by atoms with Crippen LogP contribution in [0, 0.1) is 0 Å². The van der Waals surface area contributed by atoms with Gasteiger partial charge in [0.1, 0.15) is 40.7 Å². The van der Waals surface area contributed by atoms with Gasteiger partial charge in [-0.1, -0.05) is 30.1 Å². The number of urea groups is 2. The summed E-state index contributed by atoms with van der Waals surface area (Å²) in [5.74, 6) is 0.958. The number of anilines is 2. The van der Waals surface area contributed by atoms with Crippen LogP contribution >= 0.6 is 23.2 Å². The predicted molar refractivity (Wildman–Crippen MR) is 239 cm³/mol. The van der Waals surface area contributed by atoms with E-state index in [9.17, 15) is 19.2 Å². The number of halogens is 2. The van der Waals surface area contributed by atoms with Gasteiger partial charge in [-0.2, -0.15) is 0 Å². The van der Waals surface area contributed by atoms with E-state index in [1.807, 2.05) is 6.92 Å². The van der Waals surface area contributed by atoms with Crippen molar-refractivity contribution in [3.8, 4) is 34.5 Å². The van der Waals surface area contributed by atoms with Crippen LogP contribution in [0.1, 0.15) is 59.7 Å². The number of ether oxygens (including phenoxy) is 4. The molecule has 0 spiro atoms. The summed E-state index contributed by atoms with van der Waals surface area (Å²) in [5, 5.41) is 18.6. The SMILES string of the molecule is CCC(NC(=O)c1cc2c(Oc3ccc(NC(=O)NC4CC4)c(Cl)c3)ccnc2cc1OC)NC(=O)c1cc2c(Oc3ccc(NC(=O)NC4CC4)c(Cl)c3)ccnc2cc1OC. The summed E-state index contributed by atoms with van der Waals surface area (Å²) in [6, 6.07) is 19.2. The Bertz CT molecular complexity index is 2580. The van der Waals surface area contributed by atoms with Crippen molar-refractivity contribution >= 4 is 80.3 Å². The van der Waals surface area contributed by atoms with Crippen molar-refractivity contribution in [1.29, 1.82) is 0 Å². The van der Waals surface area contributed by atoms with Crippen molar-refractivity contribution in [3.63, 3.8) is 0 Å². The lowest BCUT2D eigenvalue weighted by Crippen LogP contribution is -2.47. The first-order valence-electron chi connectivity index (χ1n) is 20.1. The van der Waals surface area contributed by atoms with Gasteiger partial charge in [0.15, 0.2) is 0 Å². The van der Waals surface area contributed by atoms with E-state index in [0.29, 0.717) is 62.6 Å². The van der Waals surface area contributed by atoms with Gasteiger partial charge in [0.25, 0.3) is 11.8 Å². The smallest absolute Gasteiger partial charge is 0.319 e. The summed E-state index contributed by atoms with van der Waals surface area (Å²) < 4.78 is 23.7. The second-order valence-electron chi connectivity index (χ2n) is 14.9. The average Bonchev–Trinajstić information content (AvgIpc) is 4.23. The first kappa shape index (κ1) is 42.6. The Hall–Kier alpha value is -7.04. The third kappa shape index (κ3) is 10.2. The number of hydrogen-bond donors (Lipinski definition) is 6. The molecule has 18 heteroatoms. The molecule has 324 valence electrons. The first-order valence-corrected chi connectivity index (χ1v) is 20.9. The second-order valence-corrected chi connectivity index (χ2v) is 15.7. The maximum Gasteiger partial charge on any atom is 0.319 e. The molecule has 6 aromatic rings. The topological polar surface area (TPSA) is 203 Å². The highest BCUT2D eigenvalue weighted by Gasteiger charge is 2.26. The van der Waals surface area contributed by atoms with E-state index in [4.69, 9.17) is 42.1 Å². The molecule has 0 atom stereocenters. The fourth-order valence-electron chi connectivity index (χ4n) is 6.60. The molecule has 4 aromatic carbocycles. The number of aromatic nitrogens is 2. The lowest BCUT2D eigenvalue weighted by molar-refractivity contribution is 0.0879. The van der Waals surface area contributed by atoms with E-state index in [2.05, 4.69) is 41.9 Å². The molecule has 0 saturated heterocycles. The van der Waals surface area contributed by atoms with E-state index >= 15 is 0 Å². The number of fused-ring (bicyclic) bond motifs is 2. The van der Waals surface area contributed by atoms with Crippen LogP contribution in [0.2, 0.25) is 10.0 Å². The Balaban J connectivity index is 0.981. The van der Waals surface area contributed by atoms with Crippen molar-refractivity contribution in [3.05, 3.63) is 106 Å². The molecule has 2 aliphatic rings. The van der Waals surface area contributed by atoms with Gasteiger partial charge in [-0.3, -0.25) is 19.6 Å². The van der Waals surface area contributed by atoms with Crippen LogP contribution < -0.4 is 50.8 Å². The monoisotopic (exact) mass is 892 g/mol. The van der Waals surface area contributed by atoms with Gasteiger partial charge < -0.3 is 50.8 Å². The lowest BCUT2D eigenvalue weighted by atomic mass is 10.1. The van der Waals surface area contributed by atoms with Crippen LogP contribution in [0.4, 0.5) is 21.0 Å². The number of pyridine rings is 2. The number of nitrogens with one attached hydrogen (secondary N) is 6. The predicted octanol–water partition coefficient (Wildman–Crippen LogP) is 9.16. The minimum atomic E-state index is -0.832. The van der Waals surface area contributed by atoms with Crippen LogP contribution in [-0.2, 0) is 0 Å². The van der Waals surface area contributed by atoms with Gasteiger partial charge in [-0.15, -0.1) is 0 Å². The van der Waals surface area contributed by atoms with E-state index in [-0.39, 0.29) is 56.8 Å². The van der Waals surface area contributed by atoms with Crippen LogP contribution in [0.3, 0.4) is 0 Å². The quantitative estimate of drug-likeness (QED) is 0.0540. The van der Waals surface area contributed by atoms with Crippen LogP contribution in [0.25, 0.3) is 21.8 Å².